The number of aromatic nitrogens is 4. The maximum Gasteiger partial charge on any atom is 0.416 e. The molecule has 0 aliphatic carbocycles. The number of halogens is 3. The lowest BCUT2D eigenvalue weighted by Crippen LogP contribution is -2.57. The van der Waals surface area contributed by atoms with Crippen LogP contribution in [0.3, 0.4) is 0 Å². The molecular formula is C27H33F3N6O4. The van der Waals surface area contributed by atoms with Crippen LogP contribution in [0.15, 0.2) is 48.8 Å². The summed E-state index contributed by atoms with van der Waals surface area (Å²) in [5.41, 5.74) is -0.609. The number of amides is 2. The third kappa shape index (κ3) is 7.48. The Morgan fingerprint density at radius 3 is 2.30 bits per heavy atom. The van der Waals surface area contributed by atoms with E-state index in [2.05, 4.69) is 20.6 Å². The first-order valence-electron chi connectivity index (χ1n) is 12.8. The minimum Gasteiger partial charge on any atom is -0.465 e. The lowest BCUT2D eigenvalue weighted by atomic mass is 9.84. The third-order valence-corrected chi connectivity index (χ3v) is 6.50. The van der Waals surface area contributed by atoms with E-state index in [0.29, 0.717) is 24.1 Å². The second-order valence-corrected chi connectivity index (χ2v) is 10.5. The Kier molecular flexibility index (Phi) is 9.38. The van der Waals surface area contributed by atoms with E-state index in [-0.39, 0.29) is 18.8 Å². The maximum atomic E-state index is 13.3. The molecule has 0 saturated carbocycles. The first kappa shape index (κ1) is 30.4. The van der Waals surface area contributed by atoms with Crippen molar-refractivity contribution in [3.05, 3.63) is 54.4 Å². The number of unbranched alkanes of at least 4 members (excludes halogenated alkanes) is 1. The predicted molar refractivity (Wildman–Crippen MR) is 141 cm³/mol. The van der Waals surface area contributed by atoms with Crippen LogP contribution in [-0.2, 0) is 22.3 Å². The molecule has 10 nitrogen and oxygen atoms in total. The van der Waals surface area contributed by atoms with Crippen LogP contribution in [0.4, 0.5) is 23.8 Å². The molecule has 0 radical (unpaired) electrons. The summed E-state index contributed by atoms with van der Waals surface area (Å²) in [6, 6.07) is 5.60. The zero-order chi connectivity index (χ0) is 29.7. The molecule has 0 aliphatic heterocycles. The lowest BCUT2D eigenvalue weighted by Gasteiger charge is -2.42. The average Bonchev–Trinajstić information content (AvgIpc) is 3.56. The zero-order valence-electron chi connectivity index (χ0n) is 22.7. The number of ketones is 1. The molecule has 2 atom stereocenters. The van der Waals surface area contributed by atoms with Crippen molar-refractivity contribution in [3.8, 4) is 11.3 Å². The number of anilines is 1. The van der Waals surface area contributed by atoms with Crippen molar-refractivity contribution in [2.45, 2.75) is 71.8 Å². The van der Waals surface area contributed by atoms with E-state index in [1.54, 1.807) is 12.3 Å². The van der Waals surface area contributed by atoms with Crippen LogP contribution in [0.2, 0.25) is 0 Å². The number of benzene rings is 1. The fourth-order valence-corrected chi connectivity index (χ4v) is 4.34. The molecule has 3 rings (SSSR count). The molecule has 0 saturated heterocycles. The second-order valence-electron chi connectivity index (χ2n) is 10.5. The Bertz CT molecular complexity index is 1300. The minimum atomic E-state index is -4.46. The molecule has 0 fully saturated rings. The summed E-state index contributed by atoms with van der Waals surface area (Å²) in [6.07, 6.45) is -1.44. The highest BCUT2D eigenvalue weighted by Crippen LogP contribution is 2.32. The zero-order valence-corrected chi connectivity index (χ0v) is 22.7. The number of H-pyrrole nitrogens is 1. The van der Waals surface area contributed by atoms with Gasteiger partial charge in [0, 0.05) is 24.0 Å². The number of hydrogen-bond donors (Lipinski definition) is 3. The lowest BCUT2D eigenvalue weighted by molar-refractivity contribution is -0.139. The largest absolute Gasteiger partial charge is 0.465 e. The van der Waals surface area contributed by atoms with Crippen molar-refractivity contribution in [2.75, 3.05) is 5.32 Å². The molecule has 1 aromatic carbocycles. The Balaban J connectivity index is 1.91. The fraction of sp³-hybridized carbons (Fsp3) is 0.444. The summed E-state index contributed by atoms with van der Waals surface area (Å²) in [7, 11) is 0. The highest BCUT2D eigenvalue weighted by Gasteiger charge is 2.42. The molecule has 13 heteroatoms. The van der Waals surface area contributed by atoms with Gasteiger partial charge in [0.05, 0.1) is 23.8 Å². The van der Waals surface area contributed by atoms with Crippen molar-refractivity contribution >= 4 is 23.6 Å². The number of carboxylic acid groups (broad SMARTS) is 1. The first-order chi connectivity index (χ1) is 18.7. The van der Waals surface area contributed by atoms with Gasteiger partial charge in [-0.3, -0.25) is 24.3 Å². The predicted octanol–water partition coefficient (Wildman–Crippen LogP) is 5.45. The number of nitrogens with zero attached hydrogens (tertiary/aromatic N) is 4. The molecule has 2 heterocycles. The van der Waals surface area contributed by atoms with Crippen molar-refractivity contribution in [1.82, 2.24) is 24.9 Å². The number of nitrogens with one attached hydrogen (secondary N) is 2. The number of Topliss-reactive ketones (excluding diaryl/α,β-unsaturated/α-hetero) is 1. The van der Waals surface area contributed by atoms with Gasteiger partial charge in [-0.2, -0.15) is 23.4 Å². The Morgan fingerprint density at radius 1 is 1.10 bits per heavy atom. The van der Waals surface area contributed by atoms with Gasteiger partial charge >= 0.3 is 12.3 Å². The summed E-state index contributed by atoms with van der Waals surface area (Å²) >= 11 is 0. The molecule has 40 heavy (non-hydrogen) atoms. The van der Waals surface area contributed by atoms with Gasteiger partial charge in [0.15, 0.2) is 5.82 Å². The van der Waals surface area contributed by atoms with Crippen LogP contribution in [0.5, 0.6) is 0 Å². The van der Waals surface area contributed by atoms with Gasteiger partial charge in [0.25, 0.3) is 5.91 Å². The van der Waals surface area contributed by atoms with Crippen molar-refractivity contribution in [2.24, 2.45) is 5.41 Å². The maximum absolute atomic E-state index is 13.3. The monoisotopic (exact) mass is 562 g/mol. The van der Waals surface area contributed by atoms with E-state index in [1.165, 1.54) is 29.1 Å². The Morgan fingerprint density at radius 2 is 1.77 bits per heavy atom. The van der Waals surface area contributed by atoms with Gasteiger partial charge in [-0.05, 0) is 30.0 Å². The SMILES string of the molecule is CCCC[C@@H](C(=O)C(=O)Nc1cc[nH]n1)N(C(=O)O)[C@H](Cn1ccc(-c2ccc(C(F)(F)F)cc2)n1)C(C)(C)C. The Labute approximate surface area is 229 Å². The van der Waals surface area contributed by atoms with E-state index in [9.17, 15) is 32.7 Å². The average molecular weight is 563 g/mol. The number of carbonyl (C=O) groups excluding carboxylic acids is 2. The van der Waals surface area contributed by atoms with Crippen molar-refractivity contribution < 1.29 is 32.7 Å². The van der Waals surface area contributed by atoms with Gasteiger partial charge in [-0.15, -0.1) is 0 Å². The topological polar surface area (TPSA) is 133 Å². The van der Waals surface area contributed by atoms with E-state index in [0.717, 1.165) is 17.0 Å². The van der Waals surface area contributed by atoms with Gasteiger partial charge in [0.1, 0.15) is 6.04 Å². The molecule has 0 bridgehead atoms. The van der Waals surface area contributed by atoms with Crippen LogP contribution in [0.1, 0.15) is 52.5 Å². The van der Waals surface area contributed by atoms with Crippen LogP contribution >= 0.6 is 0 Å². The van der Waals surface area contributed by atoms with Gasteiger partial charge in [-0.1, -0.05) is 52.7 Å². The number of carbonyl (C=O) groups is 3. The van der Waals surface area contributed by atoms with E-state index in [4.69, 9.17) is 0 Å². The van der Waals surface area contributed by atoms with E-state index < -0.39 is 47.0 Å². The molecule has 2 aromatic heterocycles. The van der Waals surface area contributed by atoms with Gasteiger partial charge in [0.2, 0.25) is 5.78 Å². The number of aromatic amines is 1. The Hall–Kier alpha value is -4.16. The van der Waals surface area contributed by atoms with Crippen molar-refractivity contribution in [1.29, 1.82) is 0 Å². The molecule has 2 amide bonds. The van der Waals surface area contributed by atoms with Crippen LogP contribution < -0.4 is 5.32 Å². The summed E-state index contributed by atoms with van der Waals surface area (Å²) < 4.78 is 40.3. The minimum absolute atomic E-state index is 0.0350. The molecular weight excluding hydrogens is 529 g/mol. The fourth-order valence-electron chi connectivity index (χ4n) is 4.34. The molecule has 216 valence electrons. The molecule has 3 aromatic rings. The summed E-state index contributed by atoms with van der Waals surface area (Å²) in [5.74, 6) is -1.75. The standard InChI is InChI=1S/C27H33F3N6O4/c1-5-6-7-20(23(37)24(38)32-22-12-14-31-33-22)36(25(39)40)21(26(2,3)4)16-35-15-13-19(34-35)17-8-10-18(11-9-17)27(28,29)30/h8-15,20-21H,5-7,16H2,1-4H3,(H,39,40)(H2,31,32,33,38)/t20-,21+/m0/s1. The molecule has 3 N–H and O–H groups in total. The van der Waals surface area contributed by atoms with Crippen LogP contribution in [0, 0.1) is 5.41 Å². The molecule has 0 spiro atoms. The van der Waals surface area contributed by atoms with Crippen LogP contribution in [0.25, 0.3) is 11.3 Å². The van der Waals surface area contributed by atoms with E-state index >= 15 is 0 Å². The quantitative estimate of drug-likeness (QED) is 0.266. The number of alkyl halides is 3. The smallest absolute Gasteiger partial charge is 0.416 e. The second kappa shape index (κ2) is 12.3. The van der Waals surface area contributed by atoms with Gasteiger partial charge < -0.3 is 10.4 Å². The van der Waals surface area contributed by atoms with E-state index in [1.807, 2.05) is 27.7 Å². The highest BCUT2D eigenvalue weighted by atomic mass is 19.4. The number of rotatable bonds is 11. The van der Waals surface area contributed by atoms with Crippen molar-refractivity contribution in [3.63, 3.8) is 0 Å². The highest BCUT2D eigenvalue weighted by molar-refractivity contribution is 6.42. The first-order valence-corrected chi connectivity index (χ1v) is 12.8. The van der Waals surface area contributed by atoms with Gasteiger partial charge in [-0.25, -0.2) is 4.79 Å². The molecule has 0 aliphatic rings. The van der Waals surface area contributed by atoms with Crippen LogP contribution in [-0.4, -0.2) is 59.9 Å². The summed E-state index contributed by atoms with van der Waals surface area (Å²) in [5, 5.41) is 23.5. The molecule has 0 unspecified atom stereocenters. The third-order valence-electron chi connectivity index (χ3n) is 6.50. The number of hydrogen-bond acceptors (Lipinski definition) is 5. The summed E-state index contributed by atoms with van der Waals surface area (Å²) in [4.78, 5) is 39.8. The summed E-state index contributed by atoms with van der Waals surface area (Å²) in [6.45, 7) is 7.38. The normalized spacial score (nSPS) is 13.5.